The highest BCUT2D eigenvalue weighted by Crippen LogP contribution is 2.24. The minimum Gasteiger partial charge on any atom is -0.397 e. The maximum absolute atomic E-state index is 12.0. The molecule has 1 rings (SSSR count). The van der Waals surface area contributed by atoms with Gasteiger partial charge in [-0.15, -0.1) is 11.8 Å². The molecule has 20 heavy (non-hydrogen) atoms. The Morgan fingerprint density at radius 2 is 2.15 bits per heavy atom. The van der Waals surface area contributed by atoms with Gasteiger partial charge in [-0.2, -0.15) is 0 Å². The van der Waals surface area contributed by atoms with E-state index < -0.39 is 9.84 Å². The molecule has 0 aliphatic rings. The number of halogens is 1. The Hall–Kier alpha value is -0.920. The van der Waals surface area contributed by atoms with Crippen molar-refractivity contribution in [3.05, 3.63) is 23.2 Å². The molecule has 8 heteroatoms. The van der Waals surface area contributed by atoms with Crippen molar-refractivity contribution >= 4 is 50.5 Å². The molecule has 0 spiro atoms. The largest absolute Gasteiger partial charge is 0.397 e. The van der Waals surface area contributed by atoms with Gasteiger partial charge in [0, 0.05) is 17.0 Å². The first-order valence-corrected chi connectivity index (χ1v) is 9.33. The summed E-state index contributed by atoms with van der Waals surface area (Å²) in [5, 5.41) is 2.78. The van der Waals surface area contributed by atoms with E-state index in [4.69, 9.17) is 17.3 Å². The minimum atomic E-state index is -3.01. The summed E-state index contributed by atoms with van der Waals surface area (Å²) in [4.78, 5) is 12.0. The van der Waals surface area contributed by atoms with Crippen LogP contribution in [0.15, 0.2) is 18.2 Å². The average Bonchev–Trinajstić information content (AvgIpc) is 2.32. The number of carbonyl (C=O) groups is 1. The Morgan fingerprint density at radius 1 is 1.50 bits per heavy atom. The first-order valence-electron chi connectivity index (χ1n) is 5.84. The van der Waals surface area contributed by atoms with Crippen molar-refractivity contribution in [3.8, 4) is 0 Å². The quantitative estimate of drug-likeness (QED) is 0.776. The van der Waals surface area contributed by atoms with E-state index in [1.807, 2.05) is 0 Å². The third kappa shape index (κ3) is 6.02. The summed E-state index contributed by atoms with van der Waals surface area (Å²) in [5.41, 5.74) is 6.62. The molecule has 0 fully saturated rings. The van der Waals surface area contributed by atoms with Crippen LogP contribution in [0.3, 0.4) is 0 Å². The van der Waals surface area contributed by atoms with E-state index in [1.165, 1.54) is 18.0 Å². The number of amides is 1. The van der Waals surface area contributed by atoms with Crippen molar-refractivity contribution in [1.82, 2.24) is 0 Å². The van der Waals surface area contributed by atoms with E-state index >= 15 is 0 Å². The Kier molecular flexibility index (Phi) is 6.16. The van der Waals surface area contributed by atoms with E-state index in [-0.39, 0.29) is 16.9 Å². The molecule has 1 aromatic carbocycles. The SMILES string of the molecule is CC(SCCS(C)(=O)=O)C(=O)Nc1cc(Cl)ccc1N. The van der Waals surface area contributed by atoms with Crippen LogP contribution in [-0.2, 0) is 14.6 Å². The second-order valence-electron chi connectivity index (χ2n) is 4.36. The van der Waals surface area contributed by atoms with E-state index in [1.54, 1.807) is 25.1 Å². The van der Waals surface area contributed by atoms with Gasteiger partial charge in [-0.05, 0) is 25.1 Å². The number of sulfone groups is 1. The van der Waals surface area contributed by atoms with E-state index in [0.29, 0.717) is 22.2 Å². The lowest BCUT2D eigenvalue weighted by Crippen LogP contribution is -2.24. The highest BCUT2D eigenvalue weighted by atomic mass is 35.5. The number of benzene rings is 1. The molecular weight excluding hydrogens is 320 g/mol. The molecule has 1 unspecified atom stereocenters. The molecule has 0 bridgehead atoms. The van der Waals surface area contributed by atoms with E-state index in [9.17, 15) is 13.2 Å². The number of thioether (sulfide) groups is 1. The van der Waals surface area contributed by atoms with Crippen LogP contribution in [0.5, 0.6) is 0 Å². The highest BCUT2D eigenvalue weighted by molar-refractivity contribution is 8.01. The molecule has 0 aliphatic carbocycles. The highest BCUT2D eigenvalue weighted by Gasteiger charge is 2.15. The van der Waals surface area contributed by atoms with Crippen molar-refractivity contribution in [3.63, 3.8) is 0 Å². The molecular formula is C12H17ClN2O3S2. The van der Waals surface area contributed by atoms with Crippen molar-refractivity contribution in [2.75, 3.05) is 28.8 Å². The normalized spacial score (nSPS) is 12.9. The van der Waals surface area contributed by atoms with Crippen LogP contribution in [-0.4, -0.2) is 37.3 Å². The van der Waals surface area contributed by atoms with Gasteiger partial charge < -0.3 is 11.1 Å². The van der Waals surface area contributed by atoms with Gasteiger partial charge in [0.15, 0.2) is 0 Å². The Balaban J connectivity index is 2.55. The molecule has 0 saturated carbocycles. The van der Waals surface area contributed by atoms with Crippen molar-refractivity contribution in [2.24, 2.45) is 0 Å². The predicted octanol–water partition coefficient (Wildman–Crippen LogP) is 2.03. The zero-order chi connectivity index (χ0) is 15.3. The molecule has 1 aromatic rings. The molecule has 0 aromatic heterocycles. The summed E-state index contributed by atoms with van der Waals surface area (Å²) in [6.07, 6.45) is 1.17. The van der Waals surface area contributed by atoms with E-state index in [2.05, 4.69) is 5.32 Å². The summed E-state index contributed by atoms with van der Waals surface area (Å²) < 4.78 is 22.0. The molecule has 112 valence electrons. The number of hydrogen-bond donors (Lipinski definition) is 2. The van der Waals surface area contributed by atoms with E-state index in [0.717, 1.165) is 0 Å². The lowest BCUT2D eigenvalue weighted by Gasteiger charge is -2.13. The Morgan fingerprint density at radius 3 is 2.75 bits per heavy atom. The smallest absolute Gasteiger partial charge is 0.237 e. The van der Waals surface area contributed by atoms with Gasteiger partial charge in [-0.25, -0.2) is 8.42 Å². The third-order valence-corrected chi connectivity index (χ3v) is 5.06. The van der Waals surface area contributed by atoms with Gasteiger partial charge in [0.2, 0.25) is 5.91 Å². The third-order valence-electron chi connectivity index (χ3n) is 2.46. The number of carbonyl (C=O) groups excluding carboxylic acids is 1. The minimum absolute atomic E-state index is 0.0502. The fourth-order valence-corrected chi connectivity index (χ4v) is 3.65. The fraction of sp³-hybridized carbons (Fsp3) is 0.417. The first kappa shape index (κ1) is 17.1. The Bertz CT molecular complexity index is 590. The molecule has 0 aliphatic heterocycles. The van der Waals surface area contributed by atoms with Crippen LogP contribution >= 0.6 is 23.4 Å². The number of anilines is 2. The zero-order valence-electron chi connectivity index (χ0n) is 11.2. The van der Waals surface area contributed by atoms with Gasteiger partial charge in [-0.3, -0.25) is 4.79 Å². The van der Waals surface area contributed by atoms with Crippen molar-refractivity contribution in [2.45, 2.75) is 12.2 Å². The van der Waals surface area contributed by atoms with Crippen LogP contribution < -0.4 is 11.1 Å². The number of nitrogen functional groups attached to an aromatic ring is 1. The summed E-state index contributed by atoms with van der Waals surface area (Å²) in [6, 6.07) is 4.82. The lowest BCUT2D eigenvalue weighted by atomic mass is 10.2. The topological polar surface area (TPSA) is 89.3 Å². The van der Waals surface area contributed by atoms with Crippen LogP contribution in [0, 0.1) is 0 Å². The predicted molar refractivity (Wildman–Crippen MR) is 86.1 cm³/mol. The van der Waals surface area contributed by atoms with Crippen LogP contribution in [0.1, 0.15) is 6.92 Å². The molecule has 3 N–H and O–H groups in total. The first-order chi connectivity index (χ1) is 9.19. The van der Waals surface area contributed by atoms with Gasteiger partial charge in [0.25, 0.3) is 0 Å². The molecule has 0 saturated heterocycles. The van der Waals surface area contributed by atoms with Gasteiger partial charge in [0.05, 0.1) is 22.4 Å². The lowest BCUT2D eigenvalue weighted by molar-refractivity contribution is -0.115. The van der Waals surface area contributed by atoms with Crippen LogP contribution in [0.4, 0.5) is 11.4 Å². The summed E-state index contributed by atoms with van der Waals surface area (Å²) in [5.74, 6) is 0.185. The standard InChI is InChI=1S/C12H17ClN2O3S2/c1-8(19-5-6-20(2,17)18)12(16)15-11-7-9(13)3-4-10(11)14/h3-4,7-8H,5-6,14H2,1-2H3,(H,15,16). The second-order valence-corrected chi connectivity index (χ2v) is 8.51. The zero-order valence-corrected chi connectivity index (χ0v) is 13.6. The molecule has 1 atom stereocenters. The summed E-state index contributed by atoms with van der Waals surface area (Å²) in [6.45, 7) is 1.71. The van der Waals surface area contributed by atoms with Gasteiger partial charge in [-0.1, -0.05) is 11.6 Å². The van der Waals surface area contributed by atoms with Crippen molar-refractivity contribution < 1.29 is 13.2 Å². The maximum atomic E-state index is 12.0. The number of hydrogen-bond acceptors (Lipinski definition) is 5. The summed E-state index contributed by atoms with van der Waals surface area (Å²) >= 11 is 7.11. The fourth-order valence-electron chi connectivity index (χ4n) is 1.32. The van der Waals surface area contributed by atoms with Gasteiger partial charge >= 0.3 is 0 Å². The van der Waals surface area contributed by atoms with Gasteiger partial charge in [0.1, 0.15) is 9.84 Å². The molecule has 0 heterocycles. The number of nitrogens with one attached hydrogen (secondary N) is 1. The maximum Gasteiger partial charge on any atom is 0.237 e. The van der Waals surface area contributed by atoms with Crippen molar-refractivity contribution in [1.29, 1.82) is 0 Å². The Labute approximate surface area is 128 Å². The number of nitrogens with two attached hydrogens (primary N) is 1. The van der Waals surface area contributed by atoms with Crippen LogP contribution in [0.25, 0.3) is 0 Å². The van der Waals surface area contributed by atoms with Crippen LogP contribution in [0.2, 0.25) is 5.02 Å². The molecule has 0 radical (unpaired) electrons. The number of rotatable bonds is 6. The average molecular weight is 337 g/mol. The summed E-state index contributed by atoms with van der Waals surface area (Å²) in [7, 11) is -3.01. The molecule has 5 nitrogen and oxygen atoms in total. The monoisotopic (exact) mass is 336 g/mol. The second kappa shape index (κ2) is 7.19. The molecule has 1 amide bonds.